The fraction of sp³-hybridized carbons (Fsp3) is 0.500. The number of unbranched alkanes of at least 4 members (excludes halogenated alkanes) is 1. The van der Waals surface area contributed by atoms with Gasteiger partial charge < -0.3 is 18.9 Å². The van der Waals surface area contributed by atoms with E-state index in [9.17, 15) is 4.79 Å². The number of amides is 1. The third kappa shape index (κ3) is 4.77. The maximum atomic E-state index is 12.9. The Labute approximate surface area is 201 Å². The van der Waals surface area contributed by atoms with Crippen LogP contribution in [0.2, 0.25) is 0 Å². The van der Waals surface area contributed by atoms with Crippen molar-refractivity contribution in [1.82, 2.24) is 14.5 Å². The zero-order valence-electron chi connectivity index (χ0n) is 20.1. The first-order chi connectivity index (χ1) is 16.7. The van der Waals surface area contributed by atoms with Crippen molar-refractivity contribution in [3.63, 3.8) is 0 Å². The van der Waals surface area contributed by atoms with E-state index in [1.165, 1.54) is 19.3 Å². The topological polar surface area (TPSA) is 56.6 Å². The van der Waals surface area contributed by atoms with Crippen LogP contribution < -0.4 is 9.47 Å². The van der Waals surface area contributed by atoms with Crippen LogP contribution in [0.3, 0.4) is 0 Å². The Balaban J connectivity index is 1.26. The van der Waals surface area contributed by atoms with Crippen molar-refractivity contribution in [2.24, 2.45) is 0 Å². The van der Waals surface area contributed by atoms with E-state index in [-0.39, 0.29) is 5.92 Å². The van der Waals surface area contributed by atoms with Crippen LogP contribution in [-0.2, 0) is 11.3 Å². The Morgan fingerprint density at radius 1 is 0.971 bits per heavy atom. The Bertz CT molecular complexity index is 1120. The fourth-order valence-electron chi connectivity index (χ4n) is 5.58. The summed E-state index contributed by atoms with van der Waals surface area (Å²) in [5, 5.41) is 0. The van der Waals surface area contributed by atoms with Gasteiger partial charge in [0.05, 0.1) is 24.8 Å². The molecule has 0 spiro atoms. The zero-order valence-corrected chi connectivity index (χ0v) is 20.1. The van der Waals surface area contributed by atoms with Crippen molar-refractivity contribution in [1.29, 1.82) is 0 Å². The van der Waals surface area contributed by atoms with Crippen LogP contribution in [0, 0.1) is 0 Å². The smallest absolute Gasteiger partial charge is 0.223 e. The van der Waals surface area contributed by atoms with E-state index in [0.29, 0.717) is 25.0 Å². The van der Waals surface area contributed by atoms with Crippen LogP contribution in [0.5, 0.6) is 11.5 Å². The van der Waals surface area contributed by atoms with Gasteiger partial charge >= 0.3 is 0 Å². The van der Waals surface area contributed by atoms with Crippen molar-refractivity contribution in [2.45, 2.75) is 69.9 Å². The summed E-state index contributed by atoms with van der Waals surface area (Å²) in [6.45, 7) is 2.32. The number of aromatic nitrogens is 2. The van der Waals surface area contributed by atoms with Crippen LogP contribution in [0.4, 0.5) is 0 Å². The molecule has 2 aliphatic rings. The summed E-state index contributed by atoms with van der Waals surface area (Å²) in [4.78, 5) is 20.1. The van der Waals surface area contributed by atoms with Crippen LogP contribution in [0.25, 0.3) is 11.0 Å². The van der Waals surface area contributed by atoms with Gasteiger partial charge in [0, 0.05) is 31.5 Å². The molecule has 1 aliphatic heterocycles. The highest BCUT2D eigenvalue weighted by atomic mass is 16.5. The van der Waals surface area contributed by atoms with E-state index in [4.69, 9.17) is 14.5 Å². The van der Waals surface area contributed by atoms with Gasteiger partial charge in [-0.3, -0.25) is 4.79 Å². The summed E-state index contributed by atoms with van der Waals surface area (Å²) >= 11 is 0. The third-order valence-corrected chi connectivity index (χ3v) is 7.33. The van der Waals surface area contributed by atoms with E-state index in [2.05, 4.69) is 27.7 Å². The molecule has 2 fully saturated rings. The van der Waals surface area contributed by atoms with Gasteiger partial charge in [-0.15, -0.1) is 0 Å². The molecule has 3 aromatic rings. The highest BCUT2D eigenvalue weighted by molar-refractivity contribution is 5.81. The summed E-state index contributed by atoms with van der Waals surface area (Å²) in [7, 11) is 1.66. The second kappa shape index (κ2) is 10.5. The first-order valence-corrected chi connectivity index (χ1v) is 12.7. The van der Waals surface area contributed by atoms with Gasteiger partial charge in [-0.1, -0.05) is 43.5 Å². The van der Waals surface area contributed by atoms with Gasteiger partial charge in [0.25, 0.3) is 0 Å². The van der Waals surface area contributed by atoms with Crippen LogP contribution in [-0.4, -0.2) is 46.7 Å². The van der Waals surface area contributed by atoms with E-state index < -0.39 is 0 Å². The average molecular weight is 462 g/mol. The molecular weight excluding hydrogens is 426 g/mol. The number of imidazole rings is 1. The number of likely N-dealkylation sites (tertiary alicyclic amines) is 1. The molecule has 5 rings (SSSR count). The molecule has 1 atom stereocenters. The summed E-state index contributed by atoms with van der Waals surface area (Å²) in [5.41, 5.74) is 2.18. The number of aryl methyl sites for hydroxylation is 1. The molecule has 0 N–H and O–H groups in total. The second-order valence-electron chi connectivity index (χ2n) is 9.56. The van der Waals surface area contributed by atoms with Gasteiger partial charge in [-0.05, 0) is 49.9 Å². The molecule has 1 aromatic heterocycles. The van der Waals surface area contributed by atoms with E-state index in [1.807, 2.05) is 30.3 Å². The zero-order chi connectivity index (χ0) is 23.3. The number of ether oxygens (including phenoxy) is 2. The molecule has 1 saturated carbocycles. The number of para-hydroxylation sites is 4. The van der Waals surface area contributed by atoms with Gasteiger partial charge in [0.2, 0.25) is 5.91 Å². The monoisotopic (exact) mass is 461 g/mol. The molecule has 1 aliphatic carbocycles. The van der Waals surface area contributed by atoms with Crippen LogP contribution >= 0.6 is 0 Å². The summed E-state index contributed by atoms with van der Waals surface area (Å²) in [6.07, 6.45) is 8.60. The second-order valence-corrected chi connectivity index (χ2v) is 9.56. The van der Waals surface area contributed by atoms with Gasteiger partial charge in [-0.25, -0.2) is 4.98 Å². The lowest BCUT2D eigenvalue weighted by atomic mass is 9.94. The molecule has 6 heteroatoms. The van der Waals surface area contributed by atoms with E-state index in [1.54, 1.807) is 7.11 Å². The minimum atomic E-state index is 0.173. The van der Waals surface area contributed by atoms with Crippen molar-refractivity contribution in [3.05, 3.63) is 54.4 Å². The summed E-state index contributed by atoms with van der Waals surface area (Å²) in [6, 6.07) is 16.5. The van der Waals surface area contributed by atoms with Gasteiger partial charge in [0.15, 0.2) is 11.5 Å². The molecule has 1 amide bonds. The highest BCUT2D eigenvalue weighted by Crippen LogP contribution is 2.35. The lowest BCUT2D eigenvalue weighted by Crippen LogP contribution is -2.37. The minimum Gasteiger partial charge on any atom is -0.493 e. The number of methoxy groups -OCH3 is 1. The lowest BCUT2D eigenvalue weighted by Gasteiger charge is -2.31. The molecule has 6 nitrogen and oxygen atoms in total. The van der Waals surface area contributed by atoms with Crippen molar-refractivity contribution >= 4 is 16.9 Å². The van der Waals surface area contributed by atoms with Crippen LogP contribution in [0.1, 0.15) is 63.1 Å². The quantitative estimate of drug-likeness (QED) is 0.392. The van der Waals surface area contributed by atoms with Crippen molar-refractivity contribution in [2.75, 3.05) is 20.3 Å². The largest absolute Gasteiger partial charge is 0.493 e. The first kappa shape index (κ1) is 22.8. The number of nitrogens with zero attached hydrogens (tertiary/aromatic N) is 3. The summed E-state index contributed by atoms with van der Waals surface area (Å²) < 4.78 is 13.7. The molecule has 1 saturated heterocycles. The molecule has 1 unspecified atom stereocenters. The number of carbonyl (C=O) groups is 1. The molecule has 34 heavy (non-hydrogen) atoms. The number of benzene rings is 2. The van der Waals surface area contributed by atoms with Crippen LogP contribution in [0.15, 0.2) is 48.5 Å². The molecule has 180 valence electrons. The molecule has 0 bridgehead atoms. The Hall–Kier alpha value is -3.02. The average Bonchev–Trinajstić information content (AvgIpc) is 3.45. The third-order valence-electron chi connectivity index (χ3n) is 7.33. The van der Waals surface area contributed by atoms with E-state index in [0.717, 1.165) is 67.1 Å². The molecule has 2 heterocycles. The summed E-state index contributed by atoms with van der Waals surface area (Å²) in [5.74, 6) is 3.09. The molecule has 0 radical (unpaired) electrons. The fourth-order valence-corrected chi connectivity index (χ4v) is 5.58. The Morgan fingerprint density at radius 2 is 1.74 bits per heavy atom. The van der Waals surface area contributed by atoms with Crippen molar-refractivity contribution < 1.29 is 14.3 Å². The molecular formula is C28H35N3O3. The number of hydrogen-bond donors (Lipinski definition) is 0. The Morgan fingerprint density at radius 3 is 2.56 bits per heavy atom. The highest BCUT2D eigenvalue weighted by Gasteiger charge is 2.37. The first-order valence-electron chi connectivity index (χ1n) is 12.7. The normalized spacial score (nSPS) is 19.1. The SMILES string of the molecule is COc1ccccc1OCCCCn1c(C2CC(=O)N(C3CCCCC3)C2)nc2ccccc21. The predicted octanol–water partition coefficient (Wildman–Crippen LogP) is 5.55. The number of rotatable bonds is 9. The standard InChI is InChI=1S/C28H35N3O3/c1-33-25-15-7-8-16-26(25)34-18-10-9-17-30-24-14-6-5-13-23(24)29-28(30)21-19-27(32)31(20-21)22-11-3-2-4-12-22/h5-8,13-16,21-22H,2-4,9-12,17-20H2,1H3. The maximum absolute atomic E-state index is 12.9. The number of fused-ring (bicyclic) bond motifs is 1. The Kier molecular flexibility index (Phi) is 7.02. The number of hydrogen-bond acceptors (Lipinski definition) is 4. The molecule has 2 aromatic carbocycles. The lowest BCUT2D eigenvalue weighted by molar-refractivity contribution is -0.130. The number of carbonyl (C=O) groups excluding carboxylic acids is 1. The predicted molar refractivity (Wildman–Crippen MR) is 133 cm³/mol. The maximum Gasteiger partial charge on any atom is 0.223 e. The van der Waals surface area contributed by atoms with Crippen molar-refractivity contribution in [3.8, 4) is 11.5 Å². The van der Waals surface area contributed by atoms with Gasteiger partial charge in [0.1, 0.15) is 5.82 Å². The van der Waals surface area contributed by atoms with E-state index >= 15 is 0 Å². The van der Waals surface area contributed by atoms with Gasteiger partial charge in [-0.2, -0.15) is 0 Å². The minimum absolute atomic E-state index is 0.173.